The number of thioether (sulfide) groups is 1. The van der Waals surface area contributed by atoms with E-state index in [0.29, 0.717) is 10.9 Å². The normalized spacial score (nSPS) is 10.5. The maximum absolute atomic E-state index is 11.9. The van der Waals surface area contributed by atoms with Crippen molar-refractivity contribution in [3.8, 4) is 0 Å². The van der Waals surface area contributed by atoms with Crippen LogP contribution in [-0.4, -0.2) is 21.5 Å². The molecule has 0 aromatic carbocycles. The third-order valence-electron chi connectivity index (χ3n) is 2.12. The van der Waals surface area contributed by atoms with E-state index in [4.69, 9.17) is 0 Å². The predicted octanol–water partition coefficient (Wildman–Crippen LogP) is 3.13. The molecule has 2 aromatic heterocycles. The van der Waals surface area contributed by atoms with Gasteiger partial charge in [0.15, 0.2) is 10.9 Å². The molecule has 0 saturated heterocycles. The fraction of sp³-hybridized carbons (Fsp3) is 0.250. The lowest BCUT2D eigenvalue weighted by atomic mass is 10.3. The molecule has 0 N–H and O–H groups in total. The highest BCUT2D eigenvalue weighted by molar-refractivity contribution is 7.99. The summed E-state index contributed by atoms with van der Waals surface area (Å²) in [7, 11) is 0. The molecule has 17 heavy (non-hydrogen) atoms. The van der Waals surface area contributed by atoms with Gasteiger partial charge in [0.25, 0.3) is 0 Å². The monoisotopic (exact) mass is 264 g/mol. The summed E-state index contributed by atoms with van der Waals surface area (Å²) in [5.74, 6) is 0.529. The standard InChI is InChI=1S/C12H12N2OS2/c1-8-5-6-13-12(14-8)16-7-10(15)11-4-3-9(2)17-11/h3-6H,7H2,1-2H3. The summed E-state index contributed by atoms with van der Waals surface area (Å²) >= 11 is 2.91. The Hall–Kier alpha value is -1.20. The zero-order chi connectivity index (χ0) is 12.3. The zero-order valence-corrected chi connectivity index (χ0v) is 11.3. The third kappa shape index (κ3) is 3.38. The molecule has 0 radical (unpaired) electrons. The second-order valence-corrected chi connectivity index (χ2v) is 5.83. The van der Waals surface area contributed by atoms with Crippen LogP contribution in [-0.2, 0) is 0 Å². The summed E-state index contributed by atoms with van der Waals surface area (Å²) in [4.78, 5) is 22.2. The first-order chi connectivity index (χ1) is 8.15. The fourth-order valence-electron chi connectivity index (χ4n) is 1.28. The summed E-state index contributed by atoms with van der Waals surface area (Å²) in [6, 6.07) is 5.68. The maximum Gasteiger partial charge on any atom is 0.188 e. The summed E-state index contributed by atoms with van der Waals surface area (Å²) in [6.07, 6.45) is 1.71. The molecule has 0 unspecified atom stereocenters. The summed E-state index contributed by atoms with van der Waals surface area (Å²) in [5.41, 5.74) is 0.918. The van der Waals surface area contributed by atoms with Crippen molar-refractivity contribution in [3.05, 3.63) is 39.8 Å². The number of nitrogens with zero attached hydrogens (tertiary/aromatic N) is 2. The molecule has 0 atom stereocenters. The van der Waals surface area contributed by atoms with Crippen molar-refractivity contribution in [2.24, 2.45) is 0 Å². The highest BCUT2D eigenvalue weighted by atomic mass is 32.2. The molecular formula is C12H12N2OS2. The molecule has 0 aliphatic heterocycles. The Balaban J connectivity index is 1.97. The first kappa shape index (κ1) is 12.3. The number of carbonyl (C=O) groups excluding carboxylic acids is 1. The second kappa shape index (κ2) is 5.42. The first-order valence-electron chi connectivity index (χ1n) is 5.17. The van der Waals surface area contributed by atoms with Gasteiger partial charge >= 0.3 is 0 Å². The molecule has 88 valence electrons. The smallest absolute Gasteiger partial charge is 0.188 e. The van der Waals surface area contributed by atoms with Crippen molar-refractivity contribution in [1.29, 1.82) is 0 Å². The predicted molar refractivity (Wildman–Crippen MR) is 70.9 cm³/mol. The zero-order valence-electron chi connectivity index (χ0n) is 9.64. The largest absolute Gasteiger partial charge is 0.292 e. The van der Waals surface area contributed by atoms with E-state index in [1.807, 2.05) is 32.0 Å². The van der Waals surface area contributed by atoms with Gasteiger partial charge in [-0.3, -0.25) is 4.79 Å². The lowest BCUT2D eigenvalue weighted by Crippen LogP contribution is -2.00. The molecule has 2 aromatic rings. The van der Waals surface area contributed by atoms with Gasteiger partial charge in [-0.25, -0.2) is 9.97 Å². The van der Waals surface area contributed by atoms with E-state index in [2.05, 4.69) is 9.97 Å². The van der Waals surface area contributed by atoms with E-state index < -0.39 is 0 Å². The molecule has 0 amide bonds. The molecule has 0 saturated carbocycles. The highest BCUT2D eigenvalue weighted by Gasteiger charge is 2.09. The van der Waals surface area contributed by atoms with Crippen LogP contribution < -0.4 is 0 Å². The van der Waals surface area contributed by atoms with Gasteiger partial charge in [0, 0.05) is 16.8 Å². The van der Waals surface area contributed by atoms with Gasteiger partial charge < -0.3 is 0 Å². The van der Waals surface area contributed by atoms with Crippen LogP contribution in [0.5, 0.6) is 0 Å². The van der Waals surface area contributed by atoms with Gasteiger partial charge in [-0.2, -0.15) is 0 Å². The van der Waals surface area contributed by atoms with Crippen LogP contribution in [0.1, 0.15) is 20.2 Å². The maximum atomic E-state index is 11.9. The van der Waals surface area contributed by atoms with Crippen molar-refractivity contribution in [1.82, 2.24) is 9.97 Å². The minimum Gasteiger partial charge on any atom is -0.292 e. The van der Waals surface area contributed by atoms with Crippen molar-refractivity contribution >= 4 is 28.9 Å². The third-order valence-corrected chi connectivity index (χ3v) is 4.02. The topological polar surface area (TPSA) is 42.9 Å². The van der Waals surface area contributed by atoms with E-state index in [1.54, 1.807) is 6.20 Å². The molecule has 0 aliphatic rings. The molecule has 0 fully saturated rings. The quantitative estimate of drug-likeness (QED) is 0.483. The lowest BCUT2D eigenvalue weighted by molar-refractivity contribution is 0.102. The van der Waals surface area contributed by atoms with Gasteiger partial charge in [0.1, 0.15) is 0 Å². The average Bonchev–Trinajstić information content (AvgIpc) is 2.73. The van der Waals surface area contributed by atoms with E-state index in [0.717, 1.165) is 15.4 Å². The molecule has 2 rings (SSSR count). The number of rotatable bonds is 4. The number of hydrogen-bond donors (Lipinski definition) is 0. The number of thiophene rings is 1. The minimum atomic E-state index is 0.137. The summed E-state index contributed by atoms with van der Waals surface area (Å²) in [6.45, 7) is 3.91. The van der Waals surface area contributed by atoms with E-state index in [1.165, 1.54) is 23.1 Å². The average molecular weight is 264 g/mol. The van der Waals surface area contributed by atoms with Gasteiger partial charge in [-0.05, 0) is 32.0 Å². The van der Waals surface area contributed by atoms with Crippen LogP contribution >= 0.6 is 23.1 Å². The van der Waals surface area contributed by atoms with Crippen LogP contribution in [0.25, 0.3) is 0 Å². The number of hydrogen-bond acceptors (Lipinski definition) is 5. The summed E-state index contributed by atoms with van der Waals surface area (Å²) in [5, 5.41) is 0.659. The second-order valence-electron chi connectivity index (χ2n) is 3.60. The van der Waals surface area contributed by atoms with Crippen molar-refractivity contribution in [2.45, 2.75) is 19.0 Å². The number of carbonyl (C=O) groups is 1. The Morgan fingerprint density at radius 3 is 2.82 bits per heavy atom. The molecule has 5 heteroatoms. The van der Waals surface area contributed by atoms with Crippen molar-refractivity contribution in [3.63, 3.8) is 0 Å². The van der Waals surface area contributed by atoms with Crippen LogP contribution in [0, 0.1) is 13.8 Å². The summed E-state index contributed by atoms with van der Waals surface area (Å²) < 4.78 is 0. The molecule has 2 heterocycles. The number of ketones is 1. The Kier molecular flexibility index (Phi) is 3.91. The van der Waals surface area contributed by atoms with Gasteiger partial charge in [-0.15, -0.1) is 11.3 Å². The van der Waals surface area contributed by atoms with Crippen LogP contribution in [0.15, 0.2) is 29.6 Å². The highest BCUT2D eigenvalue weighted by Crippen LogP contribution is 2.19. The van der Waals surface area contributed by atoms with Crippen molar-refractivity contribution in [2.75, 3.05) is 5.75 Å². The molecule has 0 bridgehead atoms. The Labute approximate surface area is 108 Å². The minimum absolute atomic E-state index is 0.137. The number of Topliss-reactive ketones (excluding diaryl/α,β-unsaturated/α-hetero) is 1. The van der Waals surface area contributed by atoms with Gasteiger partial charge in [0.2, 0.25) is 0 Å². The molecular weight excluding hydrogens is 252 g/mol. The van der Waals surface area contributed by atoms with Crippen LogP contribution in [0.3, 0.4) is 0 Å². The van der Waals surface area contributed by atoms with E-state index in [9.17, 15) is 4.79 Å². The lowest BCUT2D eigenvalue weighted by Gasteiger charge is -1.99. The van der Waals surface area contributed by atoms with Gasteiger partial charge in [-0.1, -0.05) is 11.8 Å². The van der Waals surface area contributed by atoms with E-state index in [-0.39, 0.29) is 5.78 Å². The van der Waals surface area contributed by atoms with Crippen molar-refractivity contribution < 1.29 is 4.79 Å². The van der Waals surface area contributed by atoms with Gasteiger partial charge in [0.05, 0.1) is 10.6 Å². The first-order valence-corrected chi connectivity index (χ1v) is 6.97. The molecule has 0 aliphatic carbocycles. The molecule has 3 nitrogen and oxygen atoms in total. The number of aromatic nitrogens is 2. The van der Waals surface area contributed by atoms with E-state index >= 15 is 0 Å². The SMILES string of the molecule is Cc1ccnc(SCC(=O)c2ccc(C)s2)n1. The Bertz CT molecular complexity index is 537. The van der Waals surface area contributed by atoms with Crippen LogP contribution in [0.4, 0.5) is 0 Å². The Morgan fingerprint density at radius 1 is 1.35 bits per heavy atom. The fourth-order valence-corrected chi connectivity index (χ4v) is 2.94. The molecule has 0 spiro atoms. The Morgan fingerprint density at radius 2 is 2.18 bits per heavy atom. The number of aryl methyl sites for hydroxylation is 2. The van der Waals surface area contributed by atoms with Crippen LogP contribution in [0.2, 0.25) is 0 Å².